The highest BCUT2D eigenvalue weighted by Gasteiger charge is 2.19. The number of thiazole rings is 1. The van der Waals surface area contributed by atoms with Crippen LogP contribution in [0.2, 0.25) is 10.0 Å². The van der Waals surface area contributed by atoms with E-state index in [0.29, 0.717) is 10.0 Å². The lowest BCUT2D eigenvalue weighted by Crippen LogP contribution is -2.28. The van der Waals surface area contributed by atoms with Gasteiger partial charge in [0.1, 0.15) is 5.01 Å². The van der Waals surface area contributed by atoms with E-state index < -0.39 is 5.54 Å². The molecule has 0 saturated heterocycles. The fourth-order valence-electron chi connectivity index (χ4n) is 1.36. The summed E-state index contributed by atoms with van der Waals surface area (Å²) >= 11 is 13.5. The molecule has 0 radical (unpaired) electrons. The van der Waals surface area contributed by atoms with Crippen molar-refractivity contribution in [2.45, 2.75) is 19.4 Å². The average Bonchev–Trinajstić information content (AvgIpc) is 2.65. The van der Waals surface area contributed by atoms with Gasteiger partial charge in [-0.3, -0.25) is 0 Å². The highest BCUT2D eigenvalue weighted by molar-refractivity contribution is 7.13. The first-order chi connectivity index (χ1) is 7.88. The van der Waals surface area contributed by atoms with Crippen LogP contribution in [0.15, 0.2) is 23.6 Å². The molecule has 5 heteroatoms. The number of nitrogens with two attached hydrogens (primary N) is 1. The molecule has 0 spiro atoms. The van der Waals surface area contributed by atoms with Crippen LogP contribution < -0.4 is 5.73 Å². The molecule has 2 aromatic rings. The Morgan fingerprint density at radius 3 is 2.53 bits per heavy atom. The van der Waals surface area contributed by atoms with Crippen molar-refractivity contribution in [3.63, 3.8) is 0 Å². The number of benzene rings is 1. The molecule has 0 bridgehead atoms. The summed E-state index contributed by atoms with van der Waals surface area (Å²) in [6.45, 7) is 3.85. The van der Waals surface area contributed by atoms with Crippen molar-refractivity contribution in [2.75, 3.05) is 0 Å². The lowest BCUT2D eigenvalue weighted by Gasteiger charge is -2.14. The third kappa shape index (κ3) is 2.80. The van der Waals surface area contributed by atoms with Crippen LogP contribution in [0.4, 0.5) is 0 Å². The first-order valence-electron chi connectivity index (χ1n) is 5.08. The van der Waals surface area contributed by atoms with Crippen molar-refractivity contribution < 1.29 is 0 Å². The summed E-state index contributed by atoms with van der Waals surface area (Å²) in [6.07, 6.45) is 0. The van der Waals surface area contributed by atoms with Crippen molar-refractivity contribution >= 4 is 34.5 Å². The molecule has 2 rings (SSSR count). The standard InChI is InChI=1S/C12H12Cl2N2S/c1-12(2,15)10-6-17-11(16-10)8-4-3-7(13)5-9(8)14/h3-6H,15H2,1-2H3. The van der Waals surface area contributed by atoms with Gasteiger partial charge in [-0.15, -0.1) is 11.3 Å². The molecule has 0 aliphatic carbocycles. The molecule has 0 aliphatic heterocycles. The van der Waals surface area contributed by atoms with Crippen molar-refractivity contribution in [3.8, 4) is 10.6 Å². The van der Waals surface area contributed by atoms with Crippen LogP contribution >= 0.6 is 34.5 Å². The van der Waals surface area contributed by atoms with Gasteiger partial charge in [0.05, 0.1) is 16.3 Å². The lowest BCUT2D eigenvalue weighted by molar-refractivity contribution is 0.539. The molecule has 90 valence electrons. The third-order valence-electron chi connectivity index (χ3n) is 2.33. The highest BCUT2D eigenvalue weighted by Crippen LogP contribution is 2.33. The minimum Gasteiger partial charge on any atom is -0.321 e. The normalized spacial score (nSPS) is 11.8. The van der Waals surface area contributed by atoms with Gasteiger partial charge < -0.3 is 5.73 Å². The Morgan fingerprint density at radius 1 is 1.29 bits per heavy atom. The monoisotopic (exact) mass is 286 g/mol. The van der Waals surface area contributed by atoms with Crippen molar-refractivity contribution in [1.29, 1.82) is 0 Å². The molecule has 0 saturated carbocycles. The largest absolute Gasteiger partial charge is 0.321 e. The fraction of sp³-hybridized carbons (Fsp3) is 0.250. The van der Waals surface area contributed by atoms with E-state index in [1.807, 2.05) is 25.3 Å². The summed E-state index contributed by atoms with van der Waals surface area (Å²) < 4.78 is 0. The average molecular weight is 287 g/mol. The van der Waals surface area contributed by atoms with E-state index in [2.05, 4.69) is 4.98 Å². The SMILES string of the molecule is CC(C)(N)c1csc(-c2ccc(Cl)cc2Cl)n1. The maximum absolute atomic E-state index is 6.14. The topological polar surface area (TPSA) is 38.9 Å². The number of hydrogen-bond donors (Lipinski definition) is 1. The minimum absolute atomic E-state index is 0.437. The second-order valence-electron chi connectivity index (χ2n) is 4.38. The van der Waals surface area contributed by atoms with Crippen LogP contribution in [-0.2, 0) is 5.54 Å². The van der Waals surface area contributed by atoms with Crippen LogP contribution in [0.3, 0.4) is 0 Å². The second-order valence-corrected chi connectivity index (χ2v) is 6.09. The van der Waals surface area contributed by atoms with Gasteiger partial charge in [-0.2, -0.15) is 0 Å². The highest BCUT2D eigenvalue weighted by atomic mass is 35.5. The van der Waals surface area contributed by atoms with E-state index in [1.54, 1.807) is 12.1 Å². The Hall–Kier alpha value is -0.610. The zero-order valence-electron chi connectivity index (χ0n) is 9.50. The van der Waals surface area contributed by atoms with Gasteiger partial charge in [-0.1, -0.05) is 23.2 Å². The Morgan fingerprint density at radius 2 is 2.00 bits per heavy atom. The molecular formula is C12H12Cl2N2S. The zero-order valence-corrected chi connectivity index (χ0v) is 11.8. The maximum atomic E-state index is 6.14. The van der Waals surface area contributed by atoms with Gasteiger partial charge in [-0.05, 0) is 32.0 Å². The minimum atomic E-state index is -0.437. The number of aromatic nitrogens is 1. The summed E-state index contributed by atoms with van der Waals surface area (Å²) in [5.74, 6) is 0. The van der Waals surface area contributed by atoms with Gasteiger partial charge in [0, 0.05) is 16.0 Å². The van der Waals surface area contributed by atoms with E-state index in [9.17, 15) is 0 Å². The Balaban J connectivity index is 2.44. The van der Waals surface area contributed by atoms with Gasteiger partial charge in [-0.25, -0.2) is 4.98 Å². The maximum Gasteiger partial charge on any atom is 0.125 e. The van der Waals surface area contributed by atoms with E-state index >= 15 is 0 Å². The van der Waals surface area contributed by atoms with E-state index in [4.69, 9.17) is 28.9 Å². The van der Waals surface area contributed by atoms with Crippen molar-refractivity contribution in [3.05, 3.63) is 39.3 Å². The first-order valence-corrected chi connectivity index (χ1v) is 6.72. The van der Waals surface area contributed by atoms with Crippen LogP contribution in [0.5, 0.6) is 0 Å². The summed E-state index contributed by atoms with van der Waals surface area (Å²) in [5, 5.41) is 4.04. The van der Waals surface area contributed by atoms with Crippen LogP contribution in [0.25, 0.3) is 10.6 Å². The predicted molar refractivity (Wildman–Crippen MR) is 74.8 cm³/mol. The van der Waals surface area contributed by atoms with Crippen molar-refractivity contribution in [1.82, 2.24) is 4.98 Å². The van der Waals surface area contributed by atoms with Gasteiger partial charge in [0.2, 0.25) is 0 Å². The smallest absolute Gasteiger partial charge is 0.125 e. The van der Waals surface area contributed by atoms with Crippen molar-refractivity contribution in [2.24, 2.45) is 5.73 Å². The zero-order chi connectivity index (χ0) is 12.6. The second kappa shape index (κ2) is 4.58. The number of rotatable bonds is 2. The summed E-state index contributed by atoms with van der Waals surface area (Å²) in [7, 11) is 0. The van der Waals surface area contributed by atoms with E-state index in [1.165, 1.54) is 11.3 Å². The van der Waals surface area contributed by atoms with Crippen LogP contribution in [0, 0.1) is 0 Å². The summed E-state index contributed by atoms with van der Waals surface area (Å²) in [4.78, 5) is 4.51. The molecule has 17 heavy (non-hydrogen) atoms. The van der Waals surface area contributed by atoms with E-state index in [-0.39, 0.29) is 0 Å². The lowest BCUT2D eigenvalue weighted by atomic mass is 10.0. The Bertz CT molecular complexity index is 544. The molecule has 0 atom stereocenters. The molecule has 1 heterocycles. The number of hydrogen-bond acceptors (Lipinski definition) is 3. The molecule has 2 N–H and O–H groups in total. The number of nitrogens with zero attached hydrogens (tertiary/aromatic N) is 1. The molecule has 0 unspecified atom stereocenters. The predicted octanol–water partition coefficient (Wildman–Crippen LogP) is 4.31. The third-order valence-corrected chi connectivity index (χ3v) is 3.75. The van der Waals surface area contributed by atoms with Crippen LogP contribution in [0.1, 0.15) is 19.5 Å². The molecule has 0 amide bonds. The molecule has 2 nitrogen and oxygen atoms in total. The summed E-state index contributed by atoms with van der Waals surface area (Å²) in [6, 6.07) is 5.39. The molecular weight excluding hydrogens is 275 g/mol. The molecule has 1 aromatic heterocycles. The Kier molecular flexibility index (Phi) is 3.46. The quantitative estimate of drug-likeness (QED) is 0.893. The first kappa shape index (κ1) is 12.8. The Labute approximate surface area is 114 Å². The molecule has 0 fully saturated rings. The number of halogens is 2. The fourth-order valence-corrected chi connectivity index (χ4v) is 2.95. The van der Waals surface area contributed by atoms with Gasteiger partial charge >= 0.3 is 0 Å². The van der Waals surface area contributed by atoms with Crippen LogP contribution in [-0.4, -0.2) is 4.98 Å². The molecule has 1 aromatic carbocycles. The van der Waals surface area contributed by atoms with Gasteiger partial charge in [0.15, 0.2) is 0 Å². The van der Waals surface area contributed by atoms with Gasteiger partial charge in [0.25, 0.3) is 0 Å². The molecule has 0 aliphatic rings. The van der Waals surface area contributed by atoms with E-state index in [0.717, 1.165) is 16.3 Å². The summed E-state index contributed by atoms with van der Waals surface area (Å²) in [5.41, 5.74) is 7.31.